The maximum Gasteiger partial charge on any atom is 0.340 e. The third-order valence-electron chi connectivity index (χ3n) is 5.01. The highest BCUT2D eigenvalue weighted by Crippen LogP contribution is 2.46. The van der Waals surface area contributed by atoms with Crippen LogP contribution in [-0.4, -0.2) is 24.8 Å². The van der Waals surface area contributed by atoms with Gasteiger partial charge < -0.3 is 25.1 Å². The lowest BCUT2D eigenvalue weighted by Crippen LogP contribution is -2.27. The number of nitrogens with two attached hydrogens (primary N) is 1. The monoisotopic (exact) mass is 391 g/mol. The van der Waals surface area contributed by atoms with E-state index >= 15 is 0 Å². The number of phenolic OH excluding ortho intramolecular Hbond substituents is 1. The Kier molecular flexibility index (Phi) is 4.76. The molecule has 6 heteroatoms. The Morgan fingerprint density at radius 2 is 1.86 bits per heavy atom. The van der Waals surface area contributed by atoms with Crippen LogP contribution in [0.25, 0.3) is 10.8 Å². The van der Waals surface area contributed by atoms with Gasteiger partial charge in [0.25, 0.3) is 0 Å². The van der Waals surface area contributed by atoms with Crippen LogP contribution in [0.1, 0.15) is 24.0 Å². The predicted molar refractivity (Wildman–Crippen MR) is 109 cm³/mol. The zero-order chi connectivity index (χ0) is 20.5. The van der Waals surface area contributed by atoms with Crippen LogP contribution in [0.3, 0.4) is 0 Å². The molecule has 3 aromatic carbocycles. The summed E-state index contributed by atoms with van der Waals surface area (Å²) in [6.07, 6.45) is 0. The van der Waals surface area contributed by atoms with Crippen LogP contribution >= 0.6 is 0 Å². The summed E-state index contributed by atoms with van der Waals surface area (Å²) in [6.45, 7) is 1.95. The van der Waals surface area contributed by atoms with E-state index < -0.39 is 11.9 Å². The SMILES string of the molecule is CCOC(=O)C1=C(N)Oc2ccc3ccc(O)cc3c2C1c1ccc(OC)cc1. The highest BCUT2D eigenvalue weighted by atomic mass is 16.5. The third kappa shape index (κ3) is 3.23. The molecule has 4 rings (SSSR count). The van der Waals surface area contributed by atoms with Gasteiger partial charge in [0.15, 0.2) is 0 Å². The van der Waals surface area contributed by atoms with Gasteiger partial charge in [0, 0.05) is 5.56 Å². The number of carbonyl (C=O) groups is 1. The average Bonchev–Trinajstić information content (AvgIpc) is 2.72. The van der Waals surface area contributed by atoms with Crippen molar-refractivity contribution in [2.45, 2.75) is 12.8 Å². The van der Waals surface area contributed by atoms with Crippen molar-refractivity contribution in [2.75, 3.05) is 13.7 Å². The Bertz CT molecular complexity index is 1120. The van der Waals surface area contributed by atoms with E-state index in [4.69, 9.17) is 19.9 Å². The number of fused-ring (bicyclic) bond motifs is 3. The molecule has 1 aliphatic rings. The van der Waals surface area contributed by atoms with Gasteiger partial charge in [-0.05, 0) is 53.6 Å². The van der Waals surface area contributed by atoms with Crippen molar-refractivity contribution in [3.63, 3.8) is 0 Å². The fraction of sp³-hybridized carbons (Fsp3) is 0.174. The van der Waals surface area contributed by atoms with Gasteiger partial charge in [-0.2, -0.15) is 0 Å². The summed E-state index contributed by atoms with van der Waals surface area (Å²) in [5, 5.41) is 11.8. The molecule has 0 saturated heterocycles. The fourth-order valence-electron chi connectivity index (χ4n) is 3.71. The van der Waals surface area contributed by atoms with Crippen molar-refractivity contribution < 1.29 is 24.1 Å². The molecule has 1 aliphatic heterocycles. The smallest absolute Gasteiger partial charge is 0.340 e. The highest BCUT2D eigenvalue weighted by Gasteiger charge is 2.36. The van der Waals surface area contributed by atoms with Gasteiger partial charge in [-0.1, -0.05) is 24.3 Å². The largest absolute Gasteiger partial charge is 0.508 e. The lowest BCUT2D eigenvalue weighted by atomic mass is 9.80. The molecular weight excluding hydrogens is 370 g/mol. The summed E-state index contributed by atoms with van der Waals surface area (Å²) in [6, 6.07) is 16.2. The average molecular weight is 391 g/mol. The van der Waals surface area contributed by atoms with E-state index in [1.807, 2.05) is 42.5 Å². The second kappa shape index (κ2) is 7.39. The third-order valence-corrected chi connectivity index (χ3v) is 5.01. The number of phenols is 1. The molecular formula is C23H21NO5. The summed E-state index contributed by atoms with van der Waals surface area (Å²) < 4.78 is 16.3. The number of benzene rings is 3. The van der Waals surface area contributed by atoms with E-state index in [2.05, 4.69) is 0 Å². The highest BCUT2D eigenvalue weighted by molar-refractivity contribution is 5.97. The first kappa shape index (κ1) is 18.7. The van der Waals surface area contributed by atoms with Crippen LogP contribution < -0.4 is 15.2 Å². The van der Waals surface area contributed by atoms with E-state index in [1.165, 1.54) is 0 Å². The molecule has 0 radical (unpaired) electrons. The van der Waals surface area contributed by atoms with Crippen molar-refractivity contribution in [1.82, 2.24) is 0 Å². The molecule has 6 nitrogen and oxygen atoms in total. The molecule has 0 amide bonds. The lowest BCUT2D eigenvalue weighted by Gasteiger charge is -2.29. The molecule has 0 fully saturated rings. The summed E-state index contributed by atoms with van der Waals surface area (Å²) in [5.41, 5.74) is 7.98. The number of rotatable bonds is 4. The van der Waals surface area contributed by atoms with Gasteiger partial charge in [0.2, 0.25) is 5.88 Å². The topological polar surface area (TPSA) is 91.0 Å². The Hall–Kier alpha value is -3.67. The molecule has 0 bridgehead atoms. The standard InChI is InChI=1S/C23H21NO5/c1-3-28-23(26)21-19(14-5-9-16(27-2)10-6-14)20-17-12-15(25)8-4-13(17)7-11-18(20)29-22(21)24/h4-12,19,25H,3,24H2,1-2H3. The first-order valence-electron chi connectivity index (χ1n) is 9.27. The number of ether oxygens (including phenoxy) is 3. The minimum atomic E-state index is -0.534. The Morgan fingerprint density at radius 3 is 2.55 bits per heavy atom. The van der Waals surface area contributed by atoms with Crippen molar-refractivity contribution in [2.24, 2.45) is 5.73 Å². The van der Waals surface area contributed by atoms with Gasteiger partial charge in [0.1, 0.15) is 22.8 Å². The van der Waals surface area contributed by atoms with Gasteiger partial charge in [-0.3, -0.25) is 0 Å². The van der Waals surface area contributed by atoms with Gasteiger partial charge in [-0.25, -0.2) is 4.79 Å². The molecule has 3 N–H and O–H groups in total. The number of methoxy groups -OCH3 is 1. The number of hydrogen-bond donors (Lipinski definition) is 2. The number of hydrogen-bond acceptors (Lipinski definition) is 6. The first-order chi connectivity index (χ1) is 14.0. The van der Waals surface area contributed by atoms with Crippen molar-refractivity contribution in [3.8, 4) is 17.2 Å². The van der Waals surface area contributed by atoms with Gasteiger partial charge in [0.05, 0.1) is 19.6 Å². The van der Waals surface area contributed by atoms with Crippen LogP contribution in [0.15, 0.2) is 66.1 Å². The molecule has 1 unspecified atom stereocenters. The number of aromatic hydroxyl groups is 1. The fourth-order valence-corrected chi connectivity index (χ4v) is 3.71. The second-order valence-electron chi connectivity index (χ2n) is 6.69. The molecule has 29 heavy (non-hydrogen) atoms. The molecule has 1 heterocycles. The van der Waals surface area contributed by atoms with E-state index in [-0.39, 0.29) is 23.8 Å². The Labute approximate surface area is 168 Å². The van der Waals surface area contributed by atoms with E-state index in [9.17, 15) is 9.90 Å². The molecule has 0 spiro atoms. The van der Waals surface area contributed by atoms with E-state index in [0.717, 1.165) is 21.9 Å². The minimum Gasteiger partial charge on any atom is -0.508 e. The Balaban J connectivity index is 2.00. The number of carbonyl (C=O) groups excluding carboxylic acids is 1. The van der Waals surface area contributed by atoms with Gasteiger partial charge >= 0.3 is 5.97 Å². The van der Waals surface area contributed by atoms with Crippen LogP contribution in [0.5, 0.6) is 17.2 Å². The van der Waals surface area contributed by atoms with E-state index in [0.29, 0.717) is 11.5 Å². The minimum absolute atomic E-state index is 0.0104. The maximum atomic E-state index is 12.8. The molecule has 0 saturated carbocycles. The van der Waals surface area contributed by atoms with Crippen molar-refractivity contribution in [3.05, 3.63) is 77.2 Å². The molecule has 148 valence electrons. The lowest BCUT2D eigenvalue weighted by molar-refractivity contribution is -0.139. The summed E-state index contributed by atoms with van der Waals surface area (Å²) in [5.74, 6) is 0.319. The van der Waals surface area contributed by atoms with Crippen LogP contribution in [0.4, 0.5) is 0 Å². The normalized spacial score (nSPS) is 15.6. The summed E-state index contributed by atoms with van der Waals surface area (Å²) in [7, 11) is 1.59. The second-order valence-corrected chi connectivity index (χ2v) is 6.69. The molecule has 0 aliphatic carbocycles. The van der Waals surface area contributed by atoms with Crippen molar-refractivity contribution >= 4 is 16.7 Å². The Morgan fingerprint density at radius 1 is 1.14 bits per heavy atom. The summed E-state index contributed by atoms with van der Waals surface area (Å²) in [4.78, 5) is 12.8. The predicted octanol–water partition coefficient (Wildman–Crippen LogP) is 3.81. The molecule has 1 atom stereocenters. The summed E-state index contributed by atoms with van der Waals surface area (Å²) >= 11 is 0. The maximum absolute atomic E-state index is 12.8. The van der Waals surface area contributed by atoms with Gasteiger partial charge in [-0.15, -0.1) is 0 Å². The zero-order valence-corrected chi connectivity index (χ0v) is 16.1. The molecule has 0 aromatic heterocycles. The van der Waals surface area contributed by atoms with Crippen LogP contribution in [-0.2, 0) is 9.53 Å². The number of esters is 1. The van der Waals surface area contributed by atoms with Crippen LogP contribution in [0.2, 0.25) is 0 Å². The zero-order valence-electron chi connectivity index (χ0n) is 16.1. The van der Waals surface area contributed by atoms with E-state index in [1.54, 1.807) is 26.2 Å². The first-order valence-corrected chi connectivity index (χ1v) is 9.27. The molecule has 3 aromatic rings. The van der Waals surface area contributed by atoms with Crippen molar-refractivity contribution in [1.29, 1.82) is 0 Å². The van der Waals surface area contributed by atoms with Crippen LogP contribution in [0, 0.1) is 0 Å². The quantitative estimate of drug-likeness (QED) is 0.657.